The lowest BCUT2D eigenvalue weighted by molar-refractivity contribution is -0.168. The Morgan fingerprint density at radius 2 is 1.56 bits per heavy atom. The number of likely N-dealkylation sites (tertiary alicyclic amines) is 1. The van der Waals surface area contributed by atoms with Gasteiger partial charge in [0.25, 0.3) is 0 Å². The molecule has 0 aromatic rings. The molecule has 1 aliphatic carbocycles. The predicted octanol–water partition coefficient (Wildman–Crippen LogP) is 0.923. The fraction of sp³-hybridized carbons (Fsp3) is 0.727. The molecule has 0 aromatic carbocycles. The standard InChI is InChI=1S/C11H15NO4/c13-8-4-3-5-9(14)12(8)11(10(15)16)6-1-2-7-11/h1-7H2,(H,15,16). The number of hydrogen-bond acceptors (Lipinski definition) is 3. The molecule has 2 fully saturated rings. The van der Waals surface area contributed by atoms with Gasteiger partial charge in [-0.3, -0.25) is 14.5 Å². The van der Waals surface area contributed by atoms with Gasteiger partial charge in [0, 0.05) is 12.8 Å². The van der Waals surface area contributed by atoms with Crippen molar-refractivity contribution in [2.75, 3.05) is 0 Å². The maximum absolute atomic E-state index is 11.7. The van der Waals surface area contributed by atoms with Crippen LogP contribution in [0.15, 0.2) is 0 Å². The summed E-state index contributed by atoms with van der Waals surface area (Å²) in [4.78, 5) is 35.9. The second-order valence-electron chi connectivity index (χ2n) is 4.52. The van der Waals surface area contributed by atoms with E-state index in [2.05, 4.69) is 0 Å². The Morgan fingerprint density at radius 1 is 1.06 bits per heavy atom. The molecule has 1 heterocycles. The van der Waals surface area contributed by atoms with Crippen LogP contribution in [-0.2, 0) is 14.4 Å². The highest BCUT2D eigenvalue weighted by molar-refractivity contribution is 6.02. The average molecular weight is 225 g/mol. The average Bonchev–Trinajstić information content (AvgIpc) is 2.67. The van der Waals surface area contributed by atoms with E-state index in [1.807, 2.05) is 0 Å². The first-order valence-corrected chi connectivity index (χ1v) is 5.67. The molecule has 1 saturated carbocycles. The molecule has 2 rings (SSSR count). The molecule has 1 saturated heterocycles. The van der Waals surface area contributed by atoms with Crippen LogP contribution < -0.4 is 0 Å². The zero-order chi connectivity index (χ0) is 11.8. The number of carboxylic acids is 1. The number of nitrogens with zero attached hydrogens (tertiary/aromatic N) is 1. The van der Waals surface area contributed by atoms with Crippen molar-refractivity contribution in [2.45, 2.75) is 50.5 Å². The van der Waals surface area contributed by atoms with Crippen LogP contribution in [0.3, 0.4) is 0 Å². The smallest absolute Gasteiger partial charge is 0.330 e. The highest BCUT2D eigenvalue weighted by Crippen LogP contribution is 2.38. The van der Waals surface area contributed by atoms with E-state index in [0.717, 1.165) is 17.7 Å². The largest absolute Gasteiger partial charge is 0.479 e. The molecule has 2 amide bonds. The Labute approximate surface area is 93.4 Å². The summed E-state index contributed by atoms with van der Waals surface area (Å²) in [6.07, 6.45) is 3.47. The Kier molecular flexibility index (Phi) is 2.69. The molecule has 1 aliphatic heterocycles. The summed E-state index contributed by atoms with van der Waals surface area (Å²) in [6.45, 7) is 0. The first kappa shape index (κ1) is 11.1. The van der Waals surface area contributed by atoms with Crippen LogP contribution in [0.5, 0.6) is 0 Å². The third-order valence-electron chi connectivity index (χ3n) is 3.54. The summed E-state index contributed by atoms with van der Waals surface area (Å²) in [5, 5.41) is 9.31. The number of imide groups is 1. The highest BCUT2D eigenvalue weighted by Gasteiger charge is 2.51. The van der Waals surface area contributed by atoms with Crippen molar-refractivity contribution in [1.82, 2.24) is 4.90 Å². The van der Waals surface area contributed by atoms with Crippen molar-refractivity contribution in [3.05, 3.63) is 0 Å². The third-order valence-corrected chi connectivity index (χ3v) is 3.54. The first-order valence-electron chi connectivity index (χ1n) is 5.67. The van der Waals surface area contributed by atoms with Gasteiger partial charge in [-0.1, -0.05) is 12.8 Å². The van der Waals surface area contributed by atoms with Crippen LogP contribution in [0.25, 0.3) is 0 Å². The fourth-order valence-corrected chi connectivity index (χ4v) is 2.72. The van der Waals surface area contributed by atoms with Gasteiger partial charge in [0.15, 0.2) is 0 Å². The van der Waals surface area contributed by atoms with Gasteiger partial charge in [0.2, 0.25) is 11.8 Å². The molecule has 5 nitrogen and oxygen atoms in total. The maximum atomic E-state index is 11.7. The van der Waals surface area contributed by atoms with E-state index in [0.29, 0.717) is 32.1 Å². The zero-order valence-corrected chi connectivity index (χ0v) is 9.07. The van der Waals surface area contributed by atoms with Crippen molar-refractivity contribution in [3.63, 3.8) is 0 Å². The minimum absolute atomic E-state index is 0.292. The van der Waals surface area contributed by atoms with Gasteiger partial charge >= 0.3 is 5.97 Å². The molecule has 0 spiro atoms. The molecule has 0 bridgehead atoms. The van der Waals surface area contributed by atoms with Crippen LogP contribution in [0.2, 0.25) is 0 Å². The summed E-state index contributed by atoms with van der Waals surface area (Å²) in [5.41, 5.74) is -1.24. The van der Waals surface area contributed by atoms with Crippen molar-refractivity contribution in [2.24, 2.45) is 0 Å². The van der Waals surface area contributed by atoms with Gasteiger partial charge in [-0.25, -0.2) is 4.79 Å². The first-order chi connectivity index (χ1) is 7.58. The van der Waals surface area contributed by atoms with E-state index in [-0.39, 0.29) is 11.8 Å². The molecular formula is C11H15NO4. The van der Waals surface area contributed by atoms with Gasteiger partial charge in [-0.15, -0.1) is 0 Å². The number of carboxylic acid groups (broad SMARTS) is 1. The van der Waals surface area contributed by atoms with E-state index in [1.165, 1.54) is 0 Å². The van der Waals surface area contributed by atoms with Gasteiger partial charge in [-0.05, 0) is 19.3 Å². The molecule has 16 heavy (non-hydrogen) atoms. The highest BCUT2D eigenvalue weighted by atomic mass is 16.4. The molecule has 0 atom stereocenters. The van der Waals surface area contributed by atoms with Crippen LogP contribution >= 0.6 is 0 Å². The fourth-order valence-electron chi connectivity index (χ4n) is 2.72. The minimum atomic E-state index is -1.24. The van der Waals surface area contributed by atoms with E-state index in [9.17, 15) is 19.5 Å². The van der Waals surface area contributed by atoms with Crippen LogP contribution in [-0.4, -0.2) is 33.3 Å². The SMILES string of the molecule is O=C1CCCC(=O)N1C1(C(=O)O)CCCC1. The van der Waals surface area contributed by atoms with Crippen molar-refractivity contribution < 1.29 is 19.5 Å². The maximum Gasteiger partial charge on any atom is 0.330 e. The van der Waals surface area contributed by atoms with Crippen molar-refractivity contribution in [1.29, 1.82) is 0 Å². The second kappa shape index (κ2) is 3.88. The van der Waals surface area contributed by atoms with Gasteiger partial charge < -0.3 is 5.11 Å². The number of hydrogen-bond donors (Lipinski definition) is 1. The number of amides is 2. The van der Waals surface area contributed by atoms with Crippen LogP contribution in [0.4, 0.5) is 0 Å². The molecule has 88 valence electrons. The van der Waals surface area contributed by atoms with Gasteiger partial charge in [0.05, 0.1) is 0 Å². The van der Waals surface area contributed by atoms with E-state index >= 15 is 0 Å². The molecule has 2 aliphatic rings. The molecule has 1 N–H and O–H groups in total. The number of carbonyl (C=O) groups excluding carboxylic acids is 2. The third kappa shape index (κ3) is 1.50. The van der Waals surface area contributed by atoms with E-state index in [4.69, 9.17) is 0 Å². The van der Waals surface area contributed by atoms with Crippen LogP contribution in [0.1, 0.15) is 44.9 Å². The summed E-state index contributed by atoms with van der Waals surface area (Å²) < 4.78 is 0. The quantitative estimate of drug-likeness (QED) is 0.709. The summed E-state index contributed by atoms with van der Waals surface area (Å²) in [6, 6.07) is 0. The summed E-state index contributed by atoms with van der Waals surface area (Å²) in [7, 11) is 0. The molecule has 0 aromatic heterocycles. The second-order valence-corrected chi connectivity index (χ2v) is 4.52. The normalized spacial score (nSPS) is 24.9. The topological polar surface area (TPSA) is 74.7 Å². The molecule has 0 unspecified atom stereocenters. The summed E-state index contributed by atoms with van der Waals surface area (Å²) in [5.74, 6) is -1.67. The summed E-state index contributed by atoms with van der Waals surface area (Å²) >= 11 is 0. The van der Waals surface area contributed by atoms with Gasteiger partial charge in [0.1, 0.15) is 5.54 Å². The monoisotopic (exact) mass is 225 g/mol. The Hall–Kier alpha value is -1.39. The van der Waals surface area contributed by atoms with Crippen LogP contribution in [0, 0.1) is 0 Å². The number of aliphatic carboxylic acids is 1. The number of carbonyl (C=O) groups is 3. The lowest BCUT2D eigenvalue weighted by atomic mass is 9.92. The Balaban J connectivity index is 2.35. The predicted molar refractivity (Wildman–Crippen MR) is 54.5 cm³/mol. The van der Waals surface area contributed by atoms with Gasteiger partial charge in [-0.2, -0.15) is 0 Å². The lowest BCUT2D eigenvalue weighted by Gasteiger charge is -2.38. The number of piperidine rings is 1. The minimum Gasteiger partial charge on any atom is -0.479 e. The Morgan fingerprint density at radius 3 is 2.00 bits per heavy atom. The molecule has 5 heteroatoms. The molecular weight excluding hydrogens is 210 g/mol. The lowest BCUT2D eigenvalue weighted by Crippen LogP contribution is -2.59. The molecule has 0 radical (unpaired) electrons. The zero-order valence-electron chi connectivity index (χ0n) is 9.07. The van der Waals surface area contributed by atoms with E-state index < -0.39 is 11.5 Å². The number of rotatable bonds is 2. The Bertz CT molecular complexity index is 328. The van der Waals surface area contributed by atoms with Crippen molar-refractivity contribution >= 4 is 17.8 Å². The van der Waals surface area contributed by atoms with Crippen molar-refractivity contribution in [3.8, 4) is 0 Å². The van der Waals surface area contributed by atoms with E-state index in [1.54, 1.807) is 0 Å².